The topological polar surface area (TPSA) is 145 Å². The molecule has 1 aromatic heterocycles. The fourth-order valence-corrected chi connectivity index (χ4v) is 4.11. The lowest BCUT2D eigenvalue weighted by Crippen LogP contribution is -2.47. The van der Waals surface area contributed by atoms with Crippen molar-refractivity contribution >= 4 is 39.9 Å². The van der Waals surface area contributed by atoms with Crippen LogP contribution in [0, 0.1) is 0 Å². The van der Waals surface area contributed by atoms with Gasteiger partial charge in [0.05, 0.1) is 23.9 Å². The second-order valence-electron chi connectivity index (χ2n) is 5.95. The maximum Gasteiger partial charge on any atom is 0.257 e. The molecule has 0 bridgehead atoms. The largest absolute Gasteiger partial charge is 0.746 e. The Balaban J connectivity index is 1.89. The standard InChI is InChI=1S/C17H19ClN4O6S/c1-19-16(24)12-8-28-17-11(15(23)21-12)6-10(7-20-17)22-29(25,26)14-5-9(18)3-4-13(14)27-2/h3-7,12,22,25-26H,8H2,1-2H3,(H,19,24)(H,21,23)/p-1. The summed E-state index contributed by atoms with van der Waals surface area (Å²) in [5.41, 5.74) is 0.0880. The van der Waals surface area contributed by atoms with E-state index in [0.717, 1.165) is 0 Å². The van der Waals surface area contributed by atoms with Gasteiger partial charge in [-0.05, 0) is 24.3 Å². The van der Waals surface area contributed by atoms with E-state index in [9.17, 15) is 18.7 Å². The van der Waals surface area contributed by atoms with Crippen molar-refractivity contribution in [2.45, 2.75) is 10.9 Å². The Hall–Kier alpha value is -2.73. The number of ether oxygens (including phenoxy) is 2. The van der Waals surface area contributed by atoms with E-state index in [2.05, 4.69) is 20.3 Å². The highest BCUT2D eigenvalue weighted by molar-refractivity contribution is 8.25. The third-order valence-corrected chi connectivity index (χ3v) is 5.69. The minimum atomic E-state index is -3.85. The van der Waals surface area contributed by atoms with Crippen LogP contribution in [0.1, 0.15) is 10.4 Å². The zero-order valence-electron chi connectivity index (χ0n) is 15.4. The first kappa shape index (κ1) is 21.0. The summed E-state index contributed by atoms with van der Waals surface area (Å²) in [5.74, 6) is -0.862. The van der Waals surface area contributed by atoms with Crippen LogP contribution in [0.3, 0.4) is 0 Å². The molecule has 0 aliphatic carbocycles. The van der Waals surface area contributed by atoms with Gasteiger partial charge in [0.15, 0.2) is 0 Å². The monoisotopic (exact) mass is 441 g/mol. The Morgan fingerprint density at radius 1 is 1.48 bits per heavy atom. The van der Waals surface area contributed by atoms with Crippen molar-refractivity contribution in [1.82, 2.24) is 15.6 Å². The minimum absolute atomic E-state index is 0.00391. The Morgan fingerprint density at radius 2 is 2.24 bits per heavy atom. The number of benzene rings is 1. The molecule has 0 radical (unpaired) electrons. The van der Waals surface area contributed by atoms with Crippen molar-refractivity contribution < 1.29 is 28.2 Å². The molecule has 0 fully saturated rings. The van der Waals surface area contributed by atoms with Gasteiger partial charge in [0.25, 0.3) is 5.91 Å². The zero-order chi connectivity index (χ0) is 21.2. The average molecular weight is 442 g/mol. The summed E-state index contributed by atoms with van der Waals surface area (Å²) in [4.78, 5) is 28.2. The van der Waals surface area contributed by atoms with Gasteiger partial charge >= 0.3 is 0 Å². The fourth-order valence-electron chi connectivity index (χ4n) is 2.62. The molecule has 10 nitrogen and oxygen atoms in total. The summed E-state index contributed by atoms with van der Waals surface area (Å²) >= 11 is 5.93. The number of methoxy groups -OCH3 is 1. The number of fused-ring (bicyclic) bond motifs is 1. The Bertz CT molecular complexity index is 958. The number of rotatable bonds is 5. The van der Waals surface area contributed by atoms with Crippen LogP contribution < -0.4 is 24.8 Å². The van der Waals surface area contributed by atoms with Crippen LogP contribution >= 0.6 is 22.4 Å². The van der Waals surface area contributed by atoms with Crippen LogP contribution in [0.15, 0.2) is 35.4 Å². The molecule has 2 heterocycles. The van der Waals surface area contributed by atoms with Crippen LogP contribution in [0.5, 0.6) is 11.6 Å². The summed E-state index contributed by atoms with van der Waals surface area (Å²) in [6, 6.07) is 4.70. The van der Waals surface area contributed by atoms with Crippen molar-refractivity contribution in [3.05, 3.63) is 41.0 Å². The van der Waals surface area contributed by atoms with Gasteiger partial charge in [-0.2, -0.15) is 0 Å². The number of carbonyl (C=O) groups is 2. The number of amides is 2. The molecular weight excluding hydrogens is 424 g/mol. The maximum absolute atomic E-state index is 12.9. The van der Waals surface area contributed by atoms with Crippen LogP contribution in [-0.2, 0) is 4.79 Å². The highest BCUT2D eigenvalue weighted by Gasteiger charge is 2.28. The molecule has 0 spiro atoms. The molecule has 156 valence electrons. The van der Waals surface area contributed by atoms with Gasteiger partial charge in [0.1, 0.15) is 24.0 Å². The zero-order valence-corrected chi connectivity index (χ0v) is 17.0. The molecule has 1 aliphatic heterocycles. The van der Waals surface area contributed by atoms with E-state index < -0.39 is 28.6 Å². The Kier molecular flexibility index (Phi) is 6.03. The fraction of sp³-hybridized carbons (Fsp3) is 0.235. The number of hydrogen-bond donors (Lipinski definition) is 4. The maximum atomic E-state index is 12.9. The normalized spacial score (nSPS) is 18.8. The number of anilines is 1. The lowest BCUT2D eigenvalue weighted by Gasteiger charge is -2.46. The van der Waals surface area contributed by atoms with Crippen molar-refractivity contribution in [2.75, 3.05) is 25.5 Å². The number of nitrogens with one attached hydrogen (secondary N) is 3. The Labute approximate surface area is 173 Å². The molecular formula is C17H18ClN4O6S-. The molecule has 4 N–H and O–H groups in total. The van der Waals surface area contributed by atoms with E-state index in [-0.39, 0.29) is 39.4 Å². The third kappa shape index (κ3) is 4.48. The molecule has 12 heteroatoms. The molecule has 2 unspecified atom stereocenters. The van der Waals surface area contributed by atoms with Crippen molar-refractivity contribution in [2.24, 2.45) is 0 Å². The van der Waals surface area contributed by atoms with Crippen molar-refractivity contribution in [3.8, 4) is 11.6 Å². The van der Waals surface area contributed by atoms with Gasteiger partial charge in [-0.3, -0.25) is 20.4 Å². The molecule has 0 saturated heterocycles. The van der Waals surface area contributed by atoms with E-state index in [4.69, 9.17) is 21.1 Å². The summed E-state index contributed by atoms with van der Waals surface area (Å²) in [6.45, 7) is -0.103. The van der Waals surface area contributed by atoms with Crippen LogP contribution in [0.2, 0.25) is 5.02 Å². The average Bonchev–Trinajstić information content (AvgIpc) is 2.86. The number of nitrogens with zero attached hydrogens (tertiary/aromatic N) is 1. The molecule has 0 saturated carbocycles. The minimum Gasteiger partial charge on any atom is -0.746 e. The highest BCUT2D eigenvalue weighted by Crippen LogP contribution is 2.52. The second kappa shape index (κ2) is 8.33. The molecule has 3 rings (SSSR count). The number of carbonyl (C=O) groups excluding carboxylic acids is 2. The molecule has 2 aromatic rings. The predicted molar refractivity (Wildman–Crippen MR) is 106 cm³/mol. The number of likely N-dealkylation sites (N-methyl/N-ethyl adjacent to an activating group) is 1. The molecule has 1 aromatic carbocycles. The van der Waals surface area contributed by atoms with E-state index in [0.29, 0.717) is 0 Å². The first-order valence-corrected chi connectivity index (χ1v) is 10.2. The number of pyridine rings is 1. The highest BCUT2D eigenvalue weighted by atomic mass is 35.5. The van der Waals surface area contributed by atoms with Crippen LogP contribution in [0.4, 0.5) is 5.69 Å². The van der Waals surface area contributed by atoms with E-state index in [1.807, 2.05) is 0 Å². The van der Waals surface area contributed by atoms with Crippen LogP contribution in [0.25, 0.3) is 0 Å². The van der Waals surface area contributed by atoms with Gasteiger partial charge in [-0.15, -0.1) is 0 Å². The molecule has 29 heavy (non-hydrogen) atoms. The molecule has 2 amide bonds. The SMILES string of the molecule is CNC(=O)C1COc2ncc(NS([O-])(O)c3cc(Cl)ccc3OC)cc2C(=O)N1. The van der Waals surface area contributed by atoms with E-state index in [1.165, 1.54) is 44.6 Å². The van der Waals surface area contributed by atoms with E-state index >= 15 is 0 Å². The summed E-state index contributed by atoms with van der Waals surface area (Å²) < 4.78 is 36.4. The smallest absolute Gasteiger partial charge is 0.257 e. The predicted octanol–water partition coefficient (Wildman–Crippen LogP) is 1.77. The van der Waals surface area contributed by atoms with Gasteiger partial charge in [0.2, 0.25) is 11.8 Å². The first-order valence-electron chi connectivity index (χ1n) is 8.28. The number of hydrogen-bond acceptors (Lipinski definition) is 8. The lowest BCUT2D eigenvalue weighted by molar-refractivity contribution is -0.123. The van der Waals surface area contributed by atoms with E-state index in [1.54, 1.807) is 0 Å². The Morgan fingerprint density at radius 3 is 2.93 bits per heavy atom. The van der Waals surface area contributed by atoms with Gasteiger partial charge in [0, 0.05) is 12.1 Å². The van der Waals surface area contributed by atoms with Crippen molar-refractivity contribution in [3.63, 3.8) is 0 Å². The quantitative estimate of drug-likeness (QED) is 0.549. The van der Waals surface area contributed by atoms with Crippen LogP contribution in [-0.4, -0.2) is 52.7 Å². The third-order valence-electron chi connectivity index (χ3n) is 4.03. The van der Waals surface area contributed by atoms with Gasteiger partial charge in [-0.1, -0.05) is 11.6 Å². The summed E-state index contributed by atoms with van der Waals surface area (Å²) in [7, 11) is -1.05. The summed E-state index contributed by atoms with van der Waals surface area (Å²) in [6.07, 6.45) is 1.24. The number of aromatic nitrogens is 1. The van der Waals surface area contributed by atoms with Gasteiger partial charge < -0.3 is 33.9 Å². The first-order chi connectivity index (χ1) is 13.7. The second-order valence-corrected chi connectivity index (χ2v) is 8.08. The van der Waals surface area contributed by atoms with Gasteiger partial charge in [-0.25, -0.2) is 4.98 Å². The molecule has 2 atom stereocenters. The summed E-state index contributed by atoms with van der Waals surface area (Å²) in [5, 5.41) is 5.19. The van der Waals surface area contributed by atoms with Crippen molar-refractivity contribution in [1.29, 1.82) is 0 Å². The number of halogens is 1. The molecule has 1 aliphatic rings. The lowest BCUT2D eigenvalue weighted by atomic mass is 10.2.